The molecule has 0 spiro atoms. The third-order valence-corrected chi connectivity index (χ3v) is 18.0. The maximum Gasteiger partial charge on any atom is 0.119 e. The molecule has 0 amide bonds. The Bertz CT molecular complexity index is 4510. The zero-order chi connectivity index (χ0) is 59.2. The summed E-state index contributed by atoms with van der Waals surface area (Å²) >= 11 is 0. The molecule has 2 atom stereocenters. The van der Waals surface area contributed by atoms with Crippen molar-refractivity contribution in [3.8, 4) is 44.9 Å². The molecule has 2 unspecified atom stereocenters. The van der Waals surface area contributed by atoms with E-state index in [1.807, 2.05) is 6.92 Å². The number of benzene rings is 12. The summed E-state index contributed by atoms with van der Waals surface area (Å²) in [6.45, 7) is 15.9. The molecule has 4 nitrogen and oxygen atoms in total. The summed E-state index contributed by atoms with van der Waals surface area (Å²) in [5.41, 5.74) is 27.4. The second-order valence-electron chi connectivity index (χ2n) is 23.2. The van der Waals surface area contributed by atoms with Gasteiger partial charge in [0.15, 0.2) is 0 Å². The van der Waals surface area contributed by atoms with Crippen LogP contribution in [0.3, 0.4) is 0 Å². The lowest BCUT2D eigenvalue weighted by molar-refractivity contribution is 0.340. The first-order valence-corrected chi connectivity index (χ1v) is 30.3. The molecule has 12 aromatic carbocycles. The Balaban J connectivity index is 0.853. The van der Waals surface area contributed by atoms with E-state index in [-0.39, 0.29) is 0 Å². The van der Waals surface area contributed by atoms with Crippen LogP contribution in [-0.2, 0) is 10.8 Å². The van der Waals surface area contributed by atoms with Gasteiger partial charge in [0.05, 0.1) is 17.4 Å². The zero-order valence-corrected chi connectivity index (χ0v) is 50.0. The van der Waals surface area contributed by atoms with Crippen molar-refractivity contribution in [1.82, 2.24) is 0 Å². The molecule has 2 aliphatic rings. The van der Waals surface area contributed by atoms with Crippen molar-refractivity contribution in [1.29, 1.82) is 0 Å². The molecule has 0 fully saturated rings. The lowest BCUT2D eigenvalue weighted by Crippen LogP contribution is -2.30. The van der Waals surface area contributed by atoms with Gasteiger partial charge in [0.1, 0.15) is 18.1 Å². The SMILES string of the molecule is C=CCOc1ccc(C2(c3cc(C)ccc3C)c3ccccc3-c3ccc(N(c4ccccc4)c4ccc(-c5ccc(N(c6ccccc6)c6ccc7c(c6)C(c6ccc(OCC)cc6)(c6cc(C)ccc6C)c6ccccc6-7)cc5)cc4)cc32)cc1. The van der Waals surface area contributed by atoms with Crippen molar-refractivity contribution >= 4 is 34.1 Å². The van der Waals surface area contributed by atoms with Crippen LogP contribution < -0.4 is 19.3 Å². The average molecular weight is 1130 g/mol. The van der Waals surface area contributed by atoms with E-state index in [1.165, 1.54) is 89.0 Å². The van der Waals surface area contributed by atoms with Crippen LogP contribution >= 0.6 is 0 Å². The van der Waals surface area contributed by atoms with E-state index in [0.717, 1.165) is 56.8 Å². The summed E-state index contributed by atoms with van der Waals surface area (Å²) < 4.78 is 12.1. The van der Waals surface area contributed by atoms with Crippen molar-refractivity contribution in [3.63, 3.8) is 0 Å². The summed E-state index contributed by atoms with van der Waals surface area (Å²) in [6.07, 6.45) is 1.79. The van der Waals surface area contributed by atoms with E-state index in [9.17, 15) is 0 Å². The molecule has 422 valence electrons. The van der Waals surface area contributed by atoms with Crippen LogP contribution in [-0.4, -0.2) is 13.2 Å². The number of ether oxygens (including phenoxy) is 2. The van der Waals surface area contributed by atoms with Gasteiger partial charge < -0.3 is 19.3 Å². The molecule has 87 heavy (non-hydrogen) atoms. The number of aryl methyl sites for hydroxylation is 4. The molecule has 0 bridgehead atoms. The smallest absolute Gasteiger partial charge is 0.119 e. The van der Waals surface area contributed by atoms with Gasteiger partial charge in [-0.05, 0) is 221 Å². The Labute approximate surface area is 512 Å². The molecule has 0 aromatic heterocycles. The van der Waals surface area contributed by atoms with Crippen molar-refractivity contribution < 1.29 is 9.47 Å². The Morgan fingerprint density at radius 2 is 0.701 bits per heavy atom. The highest BCUT2D eigenvalue weighted by atomic mass is 16.5. The minimum Gasteiger partial charge on any atom is -0.494 e. The van der Waals surface area contributed by atoms with Crippen molar-refractivity contribution in [2.24, 2.45) is 0 Å². The van der Waals surface area contributed by atoms with Crippen LogP contribution in [0.2, 0.25) is 0 Å². The van der Waals surface area contributed by atoms with E-state index in [2.05, 4.69) is 323 Å². The highest BCUT2D eigenvalue weighted by molar-refractivity contribution is 5.92. The van der Waals surface area contributed by atoms with Crippen molar-refractivity contribution in [2.45, 2.75) is 45.4 Å². The number of nitrogens with zero attached hydrogens (tertiary/aromatic N) is 2. The van der Waals surface area contributed by atoms with Gasteiger partial charge in [-0.15, -0.1) is 0 Å². The third kappa shape index (κ3) is 9.23. The highest BCUT2D eigenvalue weighted by Crippen LogP contribution is 2.60. The van der Waals surface area contributed by atoms with E-state index in [1.54, 1.807) is 6.08 Å². The van der Waals surface area contributed by atoms with Gasteiger partial charge in [-0.1, -0.05) is 206 Å². The van der Waals surface area contributed by atoms with Crippen LogP contribution in [0.1, 0.15) is 73.7 Å². The fraction of sp³-hybridized carbons (Fsp3) is 0.108. The summed E-state index contributed by atoms with van der Waals surface area (Å²) in [7, 11) is 0. The topological polar surface area (TPSA) is 24.9 Å². The molecule has 14 rings (SSSR count). The molecule has 12 aromatic rings. The third-order valence-electron chi connectivity index (χ3n) is 18.0. The summed E-state index contributed by atoms with van der Waals surface area (Å²) in [5.74, 6) is 1.69. The predicted molar refractivity (Wildman–Crippen MR) is 362 cm³/mol. The molecule has 4 heteroatoms. The highest BCUT2D eigenvalue weighted by Gasteiger charge is 2.49. The van der Waals surface area contributed by atoms with Gasteiger partial charge in [-0.3, -0.25) is 0 Å². The predicted octanol–water partition coefficient (Wildman–Crippen LogP) is 21.2. The van der Waals surface area contributed by atoms with Crippen LogP contribution in [0.15, 0.2) is 292 Å². The van der Waals surface area contributed by atoms with Crippen LogP contribution in [0.4, 0.5) is 34.1 Å². The van der Waals surface area contributed by atoms with Gasteiger partial charge in [0.2, 0.25) is 0 Å². The summed E-state index contributed by atoms with van der Waals surface area (Å²) in [6, 6.07) is 103. The lowest BCUT2D eigenvalue weighted by Gasteiger charge is -2.36. The quantitative estimate of drug-likeness (QED) is 0.0900. The first kappa shape index (κ1) is 54.5. The molecule has 0 aliphatic heterocycles. The maximum atomic E-state index is 6.06. The van der Waals surface area contributed by atoms with Gasteiger partial charge in [0, 0.05) is 34.1 Å². The maximum absolute atomic E-state index is 6.06. The lowest BCUT2D eigenvalue weighted by atomic mass is 9.66. The Hall–Kier alpha value is -10.4. The molecule has 0 radical (unpaired) electrons. The molecular weight excluding hydrogens is 1060 g/mol. The van der Waals surface area contributed by atoms with Gasteiger partial charge in [0.25, 0.3) is 0 Å². The molecule has 0 heterocycles. The summed E-state index contributed by atoms with van der Waals surface area (Å²) in [4.78, 5) is 4.80. The average Bonchev–Trinajstić information content (AvgIpc) is 1.58. The van der Waals surface area contributed by atoms with Crippen LogP contribution in [0, 0.1) is 27.7 Å². The molecular formula is C83H68N2O2. The fourth-order valence-corrected chi connectivity index (χ4v) is 14.2. The van der Waals surface area contributed by atoms with Crippen LogP contribution in [0.25, 0.3) is 33.4 Å². The van der Waals surface area contributed by atoms with E-state index < -0.39 is 10.8 Å². The molecule has 0 N–H and O–H groups in total. The Morgan fingerprint density at radius 3 is 1.11 bits per heavy atom. The number of anilines is 6. The Morgan fingerprint density at radius 1 is 0.333 bits per heavy atom. The van der Waals surface area contributed by atoms with Gasteiger partial charge >= 0.3 is 0 Å². The second-order valence-corrected chi connectivity index (χ2v) is 23.2. The number of hydrogen-bond donors (Lipinski definition) is 0. The van der Waals surface area contributed by atoms with Crippen molar-refractivity contribution in [3.05, 3.63) is 358 Å². The molecule has 0 saturated carbocycles. The number of fused-ring (bicyclic) bond motifs is 6. The second kappa shape index (κ2) is 22.5. The van der Waals surface area contributed by atoms with Gasteiger partial charge in [-0.2, -0.15) is 0 Å². The summed E-state index contributed by atoms with van der Waals surface area (Å²) in [5, 5.41) is 0. The fourth-order valence-electron chi connectivity index (χ4n) is 14.2. The van der Waals surface area contributed by atoms with E-state index >= 15 is 0 Å². The standard InChI is InChI=1S/C83H68N2O2/c1-7-51-87-71-47-37-63(38-48-71)83(79-53-57(4)28-30-59(79)6)77-26-18-16-24-73(77)75-50-44-69(55-81(75)83)85(65-21-13-10-14-22-65)67-41-33-61(34-42-67)60-31-39-66(40-32-60)84(64-19-11-9-12-20-64)68-43-49-74-72-23-15-17-25-76(72)82(80(74)54-68,78-52-56(3)27-29-58(78)5)62-35-45-70(46-36-62)86-8-2/h7,9-50,52-55H,1,8,51H2,2-6H3. The first-order chi connectivity index (χ1) is 42.7. The van der Waals surface area contributed by atoms with Crippen LogP contribution in [0.5, 0.6) is 11.5 Å². The van der Waals surface area contributed by atoms with Crippen molar-refractivity contribution in [2.75, 3.05) is 23.0 Å². The minimum absolute atomic E-state index is 0.448. The molecule has 0 saturated heterocycles. The Kier molecular flexibility index (Phi) is 14.1. The van der Waals surface area contributed by atoms with Gasteiger partial charge in [-0.25, -0.2) is 0 Å². The largest absolute Gasteiger partial charge is 0.494 e. The minimum atomic E-state index is -0.613. The number of rotatable bonds is 16. The van der Waals surface area contributed by atoms with E-state index in [4.69, 9.17) is 9.47 Å². The normalized spacial score (nSPS) is 15.2. The number of para-hydroxylation sites is 2. The number of hydrogen-bond acceptors (Lipinski definition) is 4. The van der Waals surface area contributed by atoms with E-state index in [0.29, 0.717) is 13.2 Å². The first-order valence-electron chi connectivity index (χ1n) is 30.3. The monoisotopic (exact) mass is 1120 g/mol. The molecule has 2 aliphatic carbocycles. The zero-order valence-electron chi connectivity index (χ0n) is 50.0.